The number of rotatable bonds is 6. The minimum Gasteiger partial charge on any atom is -0.338 e. The van der Waals surface area contributed by atoms with Crippen molar-refractivity contribution in [3.8, 4) is 0 Å². The largest absolute Gasteiger partial charge is 0.338 e. The van der Waals surface area contributed by atoms with E-state index in [4.69, 9.17) is 0 Å². The van der Waals surface area contributed by atoms with Crippen LogP contribution >= 0.6 is 0 Å². The maximum Gasteiger partial charge on any atom is 0.317 e. The van der Waals surface area contributed by atoms with Crippen molar-refractivity contribution >= 4 is 28.6 Å². The molecule has 1 saturated heterocycles. The van der Waals surface area contributed by atoms with E-state index in [1.807, 2.05) is 47.4 Å². The topological polar surface area (TPSA) is 73.0 Å². The molecule has 1 N–H and O–H groups in total. The van der Waals surface area contributed by atoms with Gasteiger partial charge in [-0.3, -0.25) is 19.4 Å². The minimum absolute atomic E-state index is 0.0401. The smallest absolute Gasteiger partial charge is 0.317 e. The predicted octanol–water partition coefficient (Wildman–Crippen LogP) is 3.01. The fourth-order valence-electron chi connectivity index (χ4n) is 4.77. The summed E-state index contributed by atoms with van der Waals surface area (Å²) < 4.78 is 0. The van der Waals surface area contributed by atoms with Crippen molar-refractivity contribution in [1.29, 1.82) is 0 Å². The van der Waals surface area contributed by atoms with Crippen molar-refractivity contribution in [2.24, 2.45) is 0 Å². The molecule has 0 aliphatic carbocycles. The van der Waals surface area contributed by atoms with Crippen LogP contribution in [0.15, 0.2) is 66.7 Å². The van der Waals surface area contributed by atoms with E-state index in [-0.39, 0.29) is 17.8 Å². The number of piperazine rings is 1. The predicted molar refractivity (Wildman–Crippen MR) is 131 cm³/mol. The van der Waals surface area contributed by atoms with Gasteiger partial charge in [0.05, 0.1) is 0 Å². The third kappa shape index (κ3) is 4.39. The number of amides is 4. The number of imide groups is 1. The Morgan fingerprint density at radius 3 is 2.06 bits per heavy atom. The molecule has 3 aromatic rings. The van der Waals surface area contributed by atoms with E-state index in [0.717, 1.165) is 17.2 Å². The highest BCUT2D eigenvalue weighted by Crippen LogP contribution is 2.29. The lowest BCUT2D eigenvalue weighted by Gasteiger charge is -2.36. The molecule has 4 amide bonds. The van der Waals surface area contributed by atoms with Crippen LogP contribution in [0.3, 0.4) is 0 Å². The van der Waals surface area contributed by atoms with E-state index in [1.165, 1.54) is 10.5 Å². The summed E-state index contributed by atoms with van der Waals surface area (Å²) in [6, 6.07) is 21.2. The number of carbonyl (C=O) groups excluding carboxylic acids is 3. The Morgan fingerprint density at radius 1 is 0.765 bits per heavy atom. The second-order valence-corrected chi connectivity index (χ2v) is 8.77. The molecule has 7 nitrogen and oxygen atoms in total. The normalized spacial score (nSPS) is 16.2. The van der Waals surface area contributed by atoms with Gasteiger partial charge in [-0.1, -0.05) is 54.6 Å². The van der Waals surface area contributed by atoms with E-state index in [2.05, 4.69) is 22.3 Å². The average molecular weight is 457 g/mol. The zero-order valence-electron chi connectivity index (χ0n) is 19.1. The summed E-state index contributed by atoms with van der Waals surface area (Å²) in [7, 11) is 0. The quantitative estimate of drug-likeness (QED) is 0.579. The van der Waals surface area contributed by atoms with Crippen LogP contribution in [0, 0.1) is 0 Å². The van der Waals surface area contributed by atoms with E-state index in [0.29, 0.717) is 56.9 Å². The second kappa shape index (κ2) is 9.65. The molecule has 2 heterocycles. The summed E-state index contributed by atoms with van der Waals surface area (Å²) in [5.74, 6) is -0.462. The summed E-state index contributed by atoms with van der Waals surface area (Å²) in [6.45, 7) is 4.23. The molecular formula is C27H28N4O3. The Bertz CT molecular complexity index is 1170. The number of nitrogens with one attached hydrogen (secondary N) is 1. The summed E-state index contributed by atoms with van der Waals surface area (Å²) >= 11 is 0. The number of benzene rings is 3. The Kier molecular flexibility index (Phi) is 6.27. The number of carbonyl (C=O) groups is 3. The lowest BCUT2D eigenvalue weighted by Crippen LogP contribution is -2.53. The van der Waals surface area contributed by atoms with Crippen LogP contribution in [0.1, 0.15) is 26.3 Å². The Balaban J connectivity index is 1.11. The minimum atomic E-state index is -0.231. The fourth-order valence-corrected chi connectivity index (χ4v) is 4.77. The molecule has 0 atom stereocenters. The molecule has 0 radical (unpaired) electrons. The van der Waals surface area contributed by atoms with Crippen LogP contribution in [-0.2, 0) is 6.42 Å². The molecule has 5 rings (SSSR count). The van der Waals surface area contributed by atoms with Gasteiger partial charge >= 0.3 is 6.03 Å². The highest BCUT2D eigenvalue weighted by Gasteiger charge is 2.33. The van der Waals surface area contributed by atoms with E-state index < -0.39 is 0 Å². The molecule has 2 aliphatic rings. The molecule has 0 unspecified atom stereocenters. The lowest BCUT2D eigenvalue weighted by molar-refractivity contribution is 0.0580. The molecule has 0 saturated carbocycles. The van der Waals surface area contributed by atoms with Gasteiger partial charge in [0, 0.05) is 62.3 Å². The SMILES string of the molecule is O=C(NCCc1ccccc1)N1CCN(CCN2C(=O)c3cccc4cccc(c34)C2=O)CC1. The summed E-state index contributed by atoms with van der Waals surface area (Å²) in [5, 5.41) is 4.67. The van der Waals surface area contributed by atoms with Gasteiger partial charge < -0.3 is 10.2 Å². The van der Waals surface area contributed by atoms with Crippen molar-refractivity contribution < 1.29 is 14.4 Å². The molecule has 0 bridgehead atoms. The lowest BCUT2D eigenvalue weighted by atomic mass is 9.94. The maximum atomic E-state index is 13.1. The van der Waals surface area contributed by atoms with Crippen molar-refractivity contribution in [3.05, 3.63) is 83.4 Å². The highest BCUT2D eigenvalue weighted by molar-refractivity contribution is 6.25. The number of urea groups is 1. The van der Waals surface area contributed by atoms with Crippen LogP contribution in [0.5, 0.6) is 0 Å². The van der Waals surface area contributed by atoms with Crippen LogP contribution in [0.4, 0.5) is 4.79 Å². The third-order valence-corrected chi connectivity index (χ3v) is 6.69. The number of nitrogens with zero attached hydrogens (tertiary/aromatic N) is 3. The molecule has 3 aromatic carbocycles. The number of hydrogen-bond acceptors (Lipinski definition) is 4. The maximum absolute atomic E-state index is 13.1. The van der Waals surface area contributed by atoms with Crippen molar-refractivity contribution in [2.75, 3.05) is 45.8 Å². The van der Waals surface area contributed by atoms with Crippen LogP contribution in [0.2, 0.25) is 0 Å². The van der Waals surface area contributed by atoms with Crippen molar-refractivity contribution in [2.45, 2.75) is 6.42 Å². The molecule has 0 aromatic heterocycles. The first kappa shape index (κ1) is 22.1. The van der Waals surface area contributed by atoms with Crippen LogP contribution in [-0.4, -0.2) is 78.4 Å². The van der Waals surface area contributed by atoms with Crippen molar-refractivity contribution in [3.63, 3.8) is 0 Å². The standard InChI is InChI=1S/C27H28N4O3/c32-25-22-10-4-8-21-9-5-11-23(24(21)22)26(33)31(25)19-16-29-14-17-30(18-15-29)27(34)28-13-12-20-6-2-1-3-7-20/h1-11H,12-19H2,(H,28,34). The van der Waals surface area contributed by atoms with E-state index in [9.17, 15) is 14.4 Å². The molecule has 0 spiro atoms. The third-order valence-electron chi connectivity index (χ3n) is 6.69. The van der Waals surface area contributed by atoms with Gasteiger partial charge in [-0.25, -0.2) is 4.79 Å². The average Bonchev–Trinajstić information content (AvgIpc) is 2.88. The second-order valence-electron chi connectivity index (χ2n) is 8.77. The van der Waals surface area contributed by atoms with Gasteiger partial charge in [-0.05, 0) is 29.5 Å². The van der Waals surface area contributed by atoms with Gasteiger partial charge in [0.25, 0.3) is 11.8 Å². The first-order chi connectivity index (χ1) is 16.6. The summed E-state index contributed by atoms with van der Waals surface area (Å²) in [5.41, 5.74) is 2.38. The molecule has 34 heavy (non-hydrogen) atoms. The Morgan fingerprint density at radius 2 is 1.41 bits per heavy atom. The zero-order chi connectivity index (χ0) is 23.5. The summed E-state index contributed by atoms with van der Waals surface area (Å²) in [6.07, 6.45) is 0.807. The van der Waals surface area contributed by atoms with Crippen LogP contribution in [0.25, 0.3) is 10.8 Å². The monoisotopic (exact) mass is 456 g/mol. The Labute approximate surface area is 198 Å². The molecule has 174 valence electrons. The molecule has 7 heteroatoms. The molecule has 2 aliphatic heterocycles. The van der Waals surface area contributed by atoms with Crippen LogP contribution < -0.4 is 5.32 Å². The van der Waals surface area contributed by atoms with E-state index >= 15 is 0 Å². The first-order valence-corrected chi connectivity index (χ1v) is 11.8. The van der Waals surface area contributed by atoms with Gasteiger partial charge in [0.2, 0.25) is 0 Å². The number of hydrogen-bond donors (Lipinski definition) is 1. The van der Waals surface area contributed by atoms with Gasteiger partial charge in [-0.15, -0.1) is 0 Å². The van der Waals surface area contributed by atoms with Crippen molar-refractivity contribution in [1.82, 2.24) is 20.0 Å². The van der Waals surface area contributed by atoms with Gasteiger partial charge in [0.1, 0.15) is 0 Å². The first-order valence-electron chi connectivity index (χ1n) is 11.8. The van der Waals surface area contributed by atoms with Gasteiger partial charge in [0.15, 0.2) is 0 Å². The zero-order valence-corrected chi connectivity index (χ0v) is 19.1. The summed E-state index contributed by atoms with van der Waals surface area (Å²) in [4.78, 5) is 44.0. The highest BCUT2D eigenvalue weighted by atomic mass is 16.2. The molecular weight excluding hydrogens is 428 g/mol. The fraction of sp³-hybridized carbons (Fsp3) is 0.296. The molecule has 1 fully saturated rings. The van der Waals surface area contributed by atoms with E-state index in [1.54, 1.807) is 12.1 Å². The van der Waals surface area contributed by atoms with Gasteiger partial charge in [-0.2, -0.15) is 0 Å². The Hall–Kier alpha value is -3.71.